The second kappa shape index (κ2) is 7.84. The first-order valence-electron chi connectivity index (χ1n) is 10.6. The lowest BCUT2D eigenvalue weighted by molar-refractivity contribution is -0.130. The van der Waals surface area contributed by atoms with Crippen LogP contribution in [-0.4, -0.2) is 41.0 Å². The molecular formula is C23H23N4O5S-. The van der Waals surface area contributed by atoms with Crippen LogP contribution in [0.4, 0.5) is 17.1 Å². The van der Waals surface area contributed by atoms with Crippen molar-refractivity contribution in [3.63, 3.8) is 0 Å². The van der Waals surface area contributed by atoms with E-state index < -0.39 is 29.2 Å². The molecule has 10 heteroatoms. The summed E-state index contributed by atoms with van der Waals surface area (Å²) in [5.74, 6) is -2.16. The van der Waals surface area contributed by atoms with Crippen molar-refractivity contribution >= 4 is 46.5 Å². The minimum Gasteiger partial charge on any atom is -0.733 e. The fourth-order valence-electron chi connectivity index (χ4n) is 5.45. The number of nitrogens with zero attached hydrogens (tertiary/aromatic N) is 2. The summed E-state index contributed by atoms with van der Waals surface area (Å²) in [7, 11) is 0. The molecule has 4 atom stereocenters. The van der Waals surface area contributed by atoms with Gasteiger partial charge in [-0.25, -0.2) is 4.90 Å². The maximum Gasteiger partial charge on any atom is 0.250 e. The molecule has 3 aliphatic rings. The van der Waals surface area contributed by atoms with Crippen molar-refractivity contribution in [1.29, 1.82) is 0 Å². The van der Waals surface area contributed by atoms with Crippen molar-refractivity contribution in [2.75, 3.05) is 27.5 Å². The van der Waals surface area contributed by atoms with E-state index >= 15 is 0 Å². The van der Waals surface area contributed by atoms with Gasteiger partial charge in [-0.3, -0.25) is 24.9 Å². The summed E-state index contributed by atoms with van der Waals surface area (Å²) in [5.41, 5.74) is 0.672. The number of para-hydroxylation sites is 1. The summed E-state index contributed by atoms with van der Waals surface area (Å²) in [6.45, 7) is 1.72. The molecule has 2 aromatic rings. The Balaban J connectivity index is 1.65. The molecule has 0 aliphatic carbocycles. The molecule has 3 aliphatic heterocycles. The van der Waals surface area contributed by atoms with Crippen LogP contribution in [0.3, 0.4) is 0 Å². The lowest BCUT2D eigenvalue weighted by Crippen LogP contribution is -2.53. The zero-order valence-corrected chi connectivity index (χ0v) is 18.9. The average molecular weight is 468 g/mol. The van der Waals surface area contributed by atoms with Gasteiger partial charge in [-0.15, -0.1) is 0 Å². The van der Waals surface area contributed by atoms with E-state index in [1.165, 1.54) is 12.1 Å². The predicted octanol–water partition coefficient (Wildman–Crippen LogP) is 2.37. The van der Waals surface area contributed by atoms with E-state index in [4.69, 9.17) is 0 Å². The van der Waals surface area contributed by atoms with Crippen LogP contribution in [0.1, 0.15) is 17.5 Å². The lowest BCUT2D eigenvalue weighted by Gasteiger charge is -2.30. The molecule has 0 unspecified atom stereocenters. The van der Waals surface area contributed by atoms with E-state index in [1.54, 1.807) is 30.8 Å². The highest BCUT2D eigenvalue weighted by molar-refractivity contribution is 7.98. The second-order valence-corrected chi connectivity index (χ2v) is 9.58. The molecule has 3 amide bonds. The van der Waals surface area contributed by atoms with Crippen molar-refractivity contribution in [3.05, 3.63) is 58.8 Å². The third-order valence-electron chi connectivity index (χ3n) is 6.91. The fourth-order valence-corrected chi connectivity index (χ4v) is 5.94. The summed E-state index contributed by atoms with van der Waals surface area (Å²) in [6, 6.07) is 11.1. The zero-order chi connectivity index (χ0) is 23.5. The molecule has 33 heavy (non-hydrogen) atoms. The van der Waals surface area contributed by atoms with E-state index in [0.29, 0.717) is 23.2 Å². The largest absolute Gasteiger partial charge is 0.733 e. The summed E-state index contributed by atoms with van der Waals surface area (Å²) >= 11 is 1.63. The van der Waals surface area contributed by atoms with Crippen LogP contribution in [0.25, 0.3) is 0 Å². The number of hydrogen-bond acceptors (Lipinski definition) is 8. The van der Waals surface area contributed by atoms with Crippen LogP contribution in [0.2, 0.25) is 0 Å². The number of amides is 3. The zero-order valence-electron chi connectivity index (χ0n) is 18.1. The molecule has 9 nitrogen and oxygen atoms in total. The minimum absolute atomic E-state index is 0.0935. The number of aryl methyl sites for hydroxylation is 1. The van der Waals surface area contributed by atoms with Crippen LogP contribution in [0.15, 0.2) is 42.5 Å². The van der Waals surface area contributed by atoms with Gasteiger partial charge in [0.2, 0.25) is 17.7 Å². The Kier molecular flexibility index (Phi) is 5.20. The third-order valence-corrected chi connectivity index (χ3v) is 7.55. The highest BCUT2D eigenvalue weighted by Crippen LogP contribution is 2.54. The average Bonchev–Trinajstić information content (AvgIpc) is 3.37. The number of carbonyl (C=O) groups excluding carboxylic acids is 3. The molecule has 0 aromatic heterocycles. The number of benzene rings is 2. The number of fused-ring (bicyclic) bond motifs is 4. The number of rotatable bonds is 5. The highest BCUT2D eigenvalue weighted by atomic mass is 32.2. The molecule has 1 spiro atoms. The number of anilines is 3. The van der Waals surface area contributed by atoms with E-state index in [9.17, 15) is 24.8 Å². The van der Waals surface area contributed by atoms with Crippen molar-refractivity contribution in [3.8, 4) is 0 Å². The van der Waals surface area contributed by atoms with Crippen LogP contribution in [0.5, 0.6) is 0 Å². The molecule has 0 bridgehead atoms. The van der Waals surface area contributed by atoms with Crippen LogP contribution in [0, 0.1) is 24.0 Å². The Hall–Kier alpha value is -2.92. The molecule has 2 saturated heterocycles. The van der Waals surface area contributed by atoms with Gasteiger partial charge in [0.15, 0.2) is 0 Å². The van der Waals surface area contributed by atoms with Gasteiger partial charge in [-0.1, -0.05) is 24.3 Å². The van der Waals surface area contributed by atoms with E-state index in [-0.39, 0.29) is 28.6 Å². The molecule has 3 N–H and O–H groups in total. The number of hydrogen-bond donors (Lipinski definition) is 3. The van der Waals surface area contributed by atoms with Crippen LogP contribution >= 0.6 is 11.8 Å². The van der Waals surface area contributed by atoms with Crippen molar-refractivity contribution in [2.45, 2.75) is 24.9 Å². The quantitative estimate of drug-likeness (QED) is 0.452. The number of thioether (sulfide) groups is 1. The van der Waals surface area contributed by atoms with Crippen molar-refractivity contribution in [2.24, 2.45) is 11.8 Å². The monoisotopic (exact) mass is 467 g/mol. The smallest absolute Gasteiger partial charge is 0.250 e. The summed E-state index contributed by atoms with van der Waals surface area (Å²) in [5, 5.41) is 26.8. The molecule has 3 heterocycles. The van der Waals surface area contributed by atoms with Gasteiger partial charge in [0, 0.05) is 17.3 Å². The summed E-state index contributed by atoms with van der Waals surface area (Å²) in [6.07, 6.45) is 2.57. The molecule has 2 fully saturated rings. The minimum atomic E-state index is -1.35. The second-order valence-electron chi connectivity index (χ2n) is 8.60. The predicted molar refractivity (Wildman–Crippen MR) is 125 cm³/mol. The van der Waals surface area contributed by atoms with Gasteiger partial charge in [0.25, 0.3) is 0 Å². The Morgan fingerprint density at radius 3 is 2.67 bits per heavy atom. The first-order valence-corrected chi connectivity index (χ1v) is 12.0. The van der Waals surface area contributed by atoms with Crippen LogP contribution in [-0.2, 0) is 19.9 Å². The highest BCUT2D eigenvalue weighted by Gasteiger charge is 2.70. The van der Waals surface area contributed by atoms with Crippen LogP contribution < -0.4 is 20.8 Å². The molecule has 172 valence electrons. The molecule has 5 rings (SSSR count). The first kappa shape index (κ1) is 21.9. The third kappa shape index (κ3) is 3.02. The standard InChI is InChI=1S/C23H23N4O5S/c1-12-7-8-13(27(31)32)11-17(12)26-20(28)18-16(9-10-33-2)25-23(19(18)21(26)29)14-5-3-4-6-15(14)24-22(23)30/h3-8,11,16,18-19,25,31H,9-10H2,1-2H3,(H,24,30)/q-1/t16-,18-,19-,23+/m0/s1. The topological polar surface area (TPSA) is 125 Å². The van der Waals surface area contributed by atoms with Gasteiger partial charge in [0.1, 0.15) is 5.54 Å². The van der Waals surface area contributed by atoms with E-state index in [0.717, 1.165) is 10.7 Å². The Morgan fingerprint density at radius 1 is 1.18 bits per heavy atom. The fraction of sp³-hybridized carbons (Fsp3) is 0.348. The lowest BCUT2D eigenvalue weighted by atomic mass is 9.76. The normalized spacial score (nSPS) is 27.8. The Bertz CT molecular complexity index is 1170. The maximum absolute atomic E-state index is 13.9. The summed E-state index contributed by atoms with van der Waals surface area (Å²) in [4.78, 5) is 42.1. The van der Waals surface area contributed by atoms with Gasteiger partial charge in [-0.2, -0.15) is 11.8 Å². The Morgan fingerprint density at radius 2 is 1.94 bits per heavy atom. The number of imide groups is 1. The first-order chi connectivity index (χ1) is 15.8. The number of carbonyl (C=O) groups is 3. The van der Waals surface area contributed by atoms with Gasteiger partial charge in [0.05, 0.1) is 23.2 Å². The van der Waals surface area contributed by atoms with Gasteiger partial charge < -0.3 is 15.8 Å². The maximum atomic E-state index is 13.9. The molecular weight excluding hydrogens is 444 g/mol. The van der Waals surface area contributed by atoms with E-state index in [2.05, 4.69) is 10.6 Å². The SMILES string of the molecule is CSCC[C@@H]1N[C@@]2(C(=O)Nc3ccccc32)[C@@H]2C(=O)N(c3cc(N([O-])O)ccc3C)C(=O)[C@@H]12. The van der Waals surface area contributed by atoms with E-state index in [1.807, 2.05) is 24.5 Å². The Labute approximate surface area is 194 Å². The summed E-state index contributed by atoms with van der Waals surface area (Å²) < 4.78 is 0. The molecule has 0 saturated carbocycles. The van der Waals surface area contributed by atoms with Gasteiger partial charge in [-0.05, 0) is 49.1 Å². The van der Waals surface area contributed by atoms with Crippen molar-refractivity contribution in [1.82, 2.24) is 5.32 Å². The van der Waals surface area contributed by atoms with Crippen molar-refractivity contribution < 1.29 is 19.6 Å². The number of nitrogens with one attached hydrogen (secondary N) is 2. The molecule has 0 radical (unpaired) electrons. The molecule has 2 aromatic carbocycles. The van der Waals surface area contributed by atoms with Gasteiger partial charge >= 0.3 is 0 Å².